The van der Waals surface area contributed by atoms with Crippen LogP contribution in [0, 0.1) is 5.82 Å². The molecular formula is C18H19FN4O3S. The predicted octanol–water partition coefficient (Wildman–Crippen LogP) is 2.89. The molecule has 0 fully saturated rings. The molecule has 1 aromatic heterocycles. The molecule has 0 aliphatic carbocycles. The molecule has 2 aromatic carbocycles. The molecule has 1 heterocycles. The van der Waals surface area contributed by atoms with Crippen molar-refractivity contribution < 1.29 is 18.6 Å². The number of benzene rings is 2. The Bertz CT molecular complexity index is 873. The number of hydrogen-bond donors (Lipinski definition) is 1. The van der Waals surface area contributed by atoms with Gasteiger partial charge in [-0.15, -0.1) is 10.2 Å². The third kappa shape index (κ3) is 5.27. The molecule has 0 unspecified atom stereocenters. The minimum atomic E-state index is -0.295. The quantitative estimate of drug-likeness (QED) is 0.342. The van der Waals surface area contributed by atoms with Crippen LogP contribution in [0.5, 0.6) is 17.2 Å². The fourth-order valence-corrected chi connectivity index (χ4v) is 2.86. The van der Waals surface area contributed by atoms with Crippen LogP contribution in [0.2, 0.25) is 0 Å². The zero-order valence-corrected chi connectivity index (χ0v) is 15.5. The van der Waals surface area contributed by atoms with Crippen LogP contribution in [0.3, 0.4) is 0 Å². The van der Waals surface area contributed by atoms with Gasteiger partial charge in [0.2, 0.25) is 5.16 Å². The Morgan fingerprint density at radius 1 is 1.04 bits per heavy atom. The smallest absolute Gasteiger partial charge is 0.210 e. The lowest BCUT2D eigenvalue weighted by Gasteiger charge is -2.08. The molecule has 0 aliphatic heterocycles. The average molecular weight is 390 g/mol. The first-order chi connectivity index (χ1) is 13.2. The van der Waals surface area contributed by atoms with Crippen molar-refractivity contribution in [3.8, 4) is 17.2 Å². The highest BCUT2D eigenvalue weighted by atomic mass is 32.2. The lowest BCUT2D eigenvalue weighted by Crippen LogP contribution is -2.16. The van der Waals surface area contributed by atoms with E-state index in [1.807, 2.05) is 18.2 Å². The van der Waals surface area contributed by atoms with Crippen LogP contribution in [0.4, 0.5) is 4.39 Å². The highest BCUT2D eigenvalue weighted by Gasteiger charge is 2.11. The molecule has 0 amide bonds. The lowest BCUT2D eigenvalue weighted by atomic mass is 10.3. The first kappa shape index (κ1) is 18.8. The van der Waals surface area contributed by atoms with Crippen LogP contribution in [0.15, 0.2) is 53.7 Å². The average Bonchev–Trinajstić information content (AvgIpc) is 3.05. The Hall–Kier alpha value is -2.94. The summed E-state index contributed by atoms with van der Waals surface area (Å²) in [6.07, 6.45) is 0. The SMILES string of the molecule is COc1cccc(OCc2nnc(SCCOc3ccc(F)cc3)n2N)c1. The van der Waals surface area contributed by atoms with E-state index >= 15 is 0 Å². The third-order valence-corrected chi connectivity index (χ3v) is 4.45. The van der Waals surface area contributed by atoms with Gasteiger partial charge in [-0.2, -0.15) is 0 Å². The summed E-state index contributed by atoms with van der Waals surface area (Å²) < 4.78 is 30.6. The van der Waals surface area contributed by atoms with Gasteiger partial charge in [0.1, 0.15) is 29.7 Å². The maximum atomic E-state index is 12.8. The normalized spacial score (nSPS) is 10.6. The second kappa shape index (κ2) is 9.13. The van der Waals surface area contributed by atoms with Gasteiger partial charge in [-0.3, -0.25) is 0 Å². The van der Waals surface area contributed by atoms with Gasteiger partial charge in [-0.05, 0) is 36.4 Å². The molecule has 0 radical (unpaired) electrons. The molecule has 3 rings (SSSR count). The van der Waals surface area contributed by atoms with E-state index in [1.165, 1.54) is 28.6 Å². The van der Waals surface area contributed by atoms with Crippen molar-refractivity contribution in [1.82, 2.24) is 14.9 Å². The van der Waals surface area contributed by atoms with Crippen molar-refractivity contribution in [1.29, 1.82) is 0 Å². The Morgan fingerprint density at radius 3 is 2.59 bits per heavy atom. The van der Waals surface area contributed by atoms with Crippen molar-refractivity contribution in [3.63, 3.8) is 0 Å². The minimum absolute atomic E-state index is 0.184. The van der Waals surface area contributed by atoms with E-state index in [-0.39, 0.29) is 12.4 Å². The summed E-state index contributed by atoms with van der Waals surface area (Å²) >= 11 is 1.41. The van der Waals surface area contributed by atoms with Crippen molar-refractivity contribution in [2.75, 3.05) is 25.3 Å². The molecule has 0 atom stereocenters. The summed E-state index contributed by atoms with van der Waals surface area (Å²) in [5, 5.41) is 8.66. The van der Waals surface area contributed by atoms with E-state index in [9.17, 15) is 4.39 Å². The standard InChI is InChI=1S/C18H19FN4O3S/c1-24-15-3-2-4-16(11-15)26-12-17-21-22-18(23(17)20)27-10-9-25-14-7-5-13(19)6-8-14/h2-8,11H,9-10,12,20H2,1H3. The summed E-state index contributed by atoms with van der Waals surface area (Å²) in [6, 6.07) is 13.1. The highest BCUT2D eigenvalue weighted by Crippen LogP contribution is 2.20. The number of methoxy groups -OCH3 is 1. The minimum Gasteiger partial charge on any atom is -0.497 e. The van der Waals surface area contributed by atoms with Crippen LogP contribution in [0.1, 0.15) is 5.82 Å². The van der Waals surface area contributed by atoms with Gasteiger partial charge in [0.05, 0.1) is 13.7 Å². The molecule has 0 saturated carbocycles. The fraction of sp³-hybridized carbons (Fsp3) is 0.222. The molecule has 0 saturated heterocycles. The number of aromatic nitrogens is 3. The summed E-state index contributed by atoms with van der Waals surface area (Å²) in [6.45, 7) is 0.613. The molecule has 142 valence electrons. The Balaban J connectivity index is 1.47. The number of hydrogen-bond acceptors (Lipinski definition) is 7. The number of ether oxygens (including phenoxy) is 3. The van der Waals surface area contributed by atoms with Gasteiger partial charge < -0.3 is 20.1 Å². The zero-order valence-electron chi connectivity index (χ0n) is 14.7. The zero-order chi connectivity index (χ0) is 19.1. The van der Waals surface area contributed by atoms with E-state index < -0.39 is 0 Å². The van der Waals surface area contributed by atoms with Crippen molar-refractivity contribution in [2.24, 2.45) is 0 Å². The van der Waals surface area contributed by atoms with Crippen LogP contribution >= 0.6 is 11.8 Å². The second-order valence-electron chi connectivity index (χ2n) is 5.39. The topological polar surface area (TPSA) is 84.4 Å². The van der Waals surface area contributed by atoms with Crippen LogP contribution in [0.25, 0.3) is 0 Å². The molecule has 2 N–H and O–H groups in total. The molecular weight excluding hydrogens is 371 g/mol. The number of thioether (sulfide) groups is 1. The van der Waals surface area contributed by atoms with E-state index in [0.717, 1.165) is 0 Å². The van der Waals surface area contributed by atoms with Gasteiger partial charge in [0.25, 0.3) is 0 Å². The van der Waals surface area contributed by atoms with Crippen molar-refractivity contribution >= 4 is 11.8 Å². The largest absolute Gasteiger partial charge is 0.497 e. The van der Waals surface area contributed by atoms with Crippen LogP contribution < -0.4 is 20.1 Å². The Labute approximate surface area is 160 Å². The Kier molecular flexibility index (Phi) is 6.37. The molecule has 0 aliphatic rings. The second-order valence-corrected chi connectivity index (χ2v) is 6.45. The van der Waals surface area contributed by atoms with E-state index in [1.54, 1.807) is 25.3 Å². The van der Waals surface area contributed by atoms with Gasteiger partial charge in [0, 0.05) is 11.8 Å². The number of halogens is 1. The summed E-state index contributed by atoms with van der Waals surface area (Å²) in [5.41, 5.74) is 0. The maximum Gasteiger partial charge on any atom is 0.210 e. The first-order valence-corrected chi connectivity index (χ1v) is 9.11. The fourth-order valence-electron chi connectivity index (χ4n) is 2.17. The van der Waals surface area contributed by atoms with Gasteiger partial charge >= 0.3 is 0 Å². The summed E-state index contributed by atoms with van der Waals surface area (Å²) in [7, 11) is 1.60. The number of nitrogens with two attached hydrogens (primary N) is 1. The summed E-state index contributed by atoms with van der Waals surface area (Å²) in [4.78, 5) is 0. The van der Waals surface area contributed by atoms with Gasteiger partial charge in [0.15, 0.2) is 5.82 Å². The Morgan fingerprint density at radius 2 is 1.81 bits per heavy atom. The van der Waals surface area contributed by atoms with E-state index in [4.69, 9.17) is 20.1 Å². The maximum absolute atomic E-state index is 12.8. The lowest BCUT2D eigenvalue weighted by molar-refractivity contribution is 0.289. The van der Waals surface area contributed by atoms with Crippen LogP contribution in [-0.2, 0) is 6.61 Å². The van der Waals surface area contributed by atoms with Gasteiger partial charge in [-0.25, -0.2) is 9.07 Å². The number of nitrogen functional groups attached to an aromatic ring is 1. The predicted molar refractivity (Wildman–Crippen MR) is 100 cm³/mol. The van der Waals surface area contributed by atoms with Crippen LogP contribution in [-0.4, -0.2) is 34.3 Å². The van der Waals surface area contributed by atoms with Gasteiger partial charge in [-0.1, -0.05) is 17.8 Å². The third-order valence-electron chi connectivity index (χ3n) is 3.54. The van der Waals surface area contributed by atoms with E-state index in [2.05, 4.69) is 10.2 Å². The molecule has 9 heteroatoms. The summed E-state index contributed by atoms with van der Waals surface area (Å²) in [5.74, 6) is 8.81. The van der Waals surface area contributed by atoms with Crippen molar-refractivity contribution in [3.05, 3.63) is 60.2 Å². The molecule has 3 aromatic rings. The molecule has 27 heavy (non-hydrogen) atoms. The van der Waals surface area contributed by atoms with E-state index in [0.29, 0.717) is 40.6 Å². The molecule has 0 spiro atoms. The molecule has 0 bridgehead atoms. The highest BCUT2D eigenvalue weighted by molar-refractivity contribution is 7.99. The van der Waals surface area contributed by atoms with Crippen molar-refractivity contribution in [2.45, 2.75) is 11.8 Å². The molecule has 7 nitrogen and oxygen atoms in total. The number of rotatable bonds is 9. The first-order valence-electron chi connectivity index (χ1n) is 8.13. The monoisotopic (exact) mass is 390 g/mol. The number of nitrogens with zero attached hydrogens (tertiary/aromatic N) is 3.